The first-order chi connectivity index (χ1) is 5.29. The Kier molecular flexibility index (Phi) is 1.65. The number of nitrogens with zero attached hydrogens (tertiary/aromatic N) is 2. The van der Waals surface area contributed by atoms with E-state index in [-0.39, 0.29) is 6.10 Å². The van der Waals surface area contributed by atoms with Crippen molar-refractivity contribution in [1.29, 1.82) is 0 Å². The van der Waals surface area contributed by atoms with Gasteiger partial charge in [0.2, 0.25) is 0 Å². The predicted molar refractivity (Wildman–Crippen MR) is 43.5 cm³/mol. The Bertz CT molecular complexity index is 271. The Morgan fingerprint density at radius 3 is 3.36 bits per heavy atom. The van der Waals surface area contributed by atoms with Gasteiger partial charge in [-0.3, -0.25) is 4.68 Å². The highest BCUT2D eigenvalue weighted by molar-refractivity contribution is 7.99. The van der Waals surface area contributed by atoms with Gasteiger partial charge >= 0.3 is 0 Å². The molecule has 0 saturated carbocycles. The zero-order valence-electron chi connectivity index (χ0n) is 6.32. The number of thioether (sulfide) groups is 1. The Morgan fingerprint density at radius 1 is 1.82 bits per heavy atom. The van der Waals surface area contributed by atoms with E-state index in [0.717, 1.165) is 22.8 Å². The Hall–Kier alpha value is -0.480. The van der Waals surface area contributed by atoms with Crippen molar-refractivity contribution < 1.29 is 5.11 Å². The number of hydrogen-bond donors (Lipinski definition) is 1. The Labute approximate surface area is 69.4 Å². The molecule has 0 radical (unpaired) electrons. The van der Waals surface area contributed by atoms with Crippen molar-refractivity contribution in [3.05, 3.63) is 11.9 Å². The first kappa shape index (κ1) is 7.18. The topological polar surface area (TPSA) is 38.0 Å². The third-order valence-corrected chi connectivity index (χ3v) is 2.98. The van der Waals surface area contributed by atoms with Crippen molar-refractivity contribution in [3.8, 4) is 0 Å². The van der Waals surface area contributed by atoms with Crippen molar-refractivity contribution in [3.63, 3.8) is 0 Å². The van der Waals surface area contributed by atoms with Gasteiger partial charge in [-0.05, 0) is 6.42 Å². The van der Waals surface area contributed by atoms with E-state index >= 15 is 0 Å². The summed E-state index contributed by atoms with van der Waals surface area (Å²) >= 11 is 1.77. The number of aromatic nitrogens is 2. The van der Waals surface area contributed by atoms with Gasteiger partial charge in [0.15, 0.2) is 0 Å². The summed E-state index contributed by atoms with van der Waals surface area (Å²) in [5, 5.41) is 13.6. The Morgan fingerprint density at radius 2 is 2.64 bits per heavy atom. The summed E-state index contributed by atoms with van der Waals surface area (Å²) in [5.41, 5.74) is 0.973. The molecule has 0 unspecified atom stereocenters. The van der Waals surface area contributed by atoms with E-state index in [1.807, 2.05) is 13.2 Å². The summed E-state index contributed by atoms with van der Waals surface area (Å²) in [6.45, 7) is 0. The smallest absolute Gasteiger partial charge is 0.0975 e. The second kappa shape index (κ2) is 2.53. The maximum absolute atomic E-state index is 9.56. The lowest BCUT2D eigenvalue weighted by molar-refractivity contribution is 0.160. The minimum absolute atomic E-state index is 0.307. The number of aliphatic hydroxyl groups excluding tert-OH is 1. The molecule has 0 aromatic carbocycles. The molecular weight excluding hydrogens is 160 g/mol. The summed E-state index contributed by atoms with van der Waals surface area (Å²) in [6, 6.07) is 0. The second-order valence-electron chi connectivity index (χ2n) is 2.67. The zero-order valence-corrected chi connectivity index (χ0v) is 7.14. The average molecular weight is 170 g/mol. The first-order valence-electron chi connectivity index (χ1n) is 3.62. The van der Waals surface area contributed by atoms with Gasteiger partial charge in [0.1, 0.15) is 0 Å². The molecule has 0 spiro atoms. The van der Waals surface area contributed by atoms with Crippen LogP contribution in [-0.4, -0.2) is 20.6 Å². The number of rotatable bonds is 0. The summed E-state index contributed by atoms with van der Waals surface area (Å²) in [6.07, 6.45) is 2.36. The van der Waals surface area contributed by atoms with Crippen LogP contribution in [0.2, 0.25) is 0 Å². The van der Waals surface area contributed by atoms with Gasteiger partial charge in [0, 0.05) is 12.8 Å². The lowest BCUT2D eigenvalue weighted by atomic mass is 10.2. The van der Waals surface area contributed by atoms with Crippen molar-refractivity contribution in [1.82, 2.24) is 9.78 Å². The van der Waals surface area contributed by atoms with E-state index in [4.69, 9.17) is 0 Å². The molecular formula is C7H10N2OS. The molecule has 0 saturated heterocycles. The first-order valence-corrected chi connectivity index (χ1v) is 4.60. The number of aliphatic hydroxyl groups is 1. The van der Waals surface area contributed by atoms with Crippen LogP contribution >= 0.6 is 11.8 Å². The molecule has 1 aromatic heterocycles. The van der Waals surface area contributed by atoms with E-state index < -0.39 is 0 Å². The van der Waals surface area contributed by atoms with E-state index in [1.54, 1.807) is 16.4 Å². The van der Waals surface area contributed by atoms with Crippen LogP contribution in [-0.2, 0) is 7.05 Å². The fraction of sp³-hybridized carbons (Fsp3) is 0.571. The minimum atomic E-state index is -0.307. The third-order valence-electron chi connectivity index (χ3n) is 1.91. The molecule has 4 heteroatoms. The monoisotopic (exact) mass is 170 g/mol. The van der Waals surface area contributed by atoms with Crippen LogP contribution in [0.25, 0.3) is 0 Å². The average Bonchev–Trinajstić information content (AvgIpc) is 2.34. The highest BCUT2D eigenvalue weighted by Gasteiger charge is 2.21. The van der Waals surface area contributed by atoms with E-state index in [0.29, 0.717) is 0 Å². The van der Waals surface area contributed by atoms with Crippen molar-refractivity contribution in [2.24, 2.45) is 7.05 Å². The molecule has 0 bridgehead atoms. The molecule has 0 aliphatic carbocycles. The number of fused-ring (bicyclic) bond motifs is 1. The van der Waals surface area contributed by atoms with E-state index in [2.05, 4.69) is 5.10 Å². The molecule has 1 atom stereocenters. The molecule has 60 valence electrons. The van der Waals surface area contributed by atoms with Gasteiger partial charge in [0.05, 0.1) is 22.9 Å². The van der Waals surface area contributed by atoms with Crippen molar-refractivity contribution in [2.45, 2.75) is 17.4 Å². The predicted octanol–water partition coefficient (Wildman–Crippen LogP) is 0.949. The van der Waals surface area contributed by atoms with Crippen LogP contribution in [0.1, 0.15) is 18.2 Å². The van der Waals surface area contributed by atoms with Crippen molar-refractivity contribution in [2.75, 3.05) is 5.75 Å². The van der Waals surface area contributed by atoms with Crippen molar-refractivity contribution >= 4 is 11.8 Å². The molecule has 0 fully saturated rings. The van der Waals surface area contributed by atoms with Crippen LogP contribution < -0.4 is 0 Å². The zero-order chi connectivity index (χ0) is 7.84. The molecule has 1 aliphatic heterocycles. The fourth-order valence-electron chi connectivity index (χ4n) is 1.34. The van der Waals surface area contributed by atoms with E-state index in [1.165, 1.54) is 0 Å². The summed E-state index contributed by atoms with van der Waals surface area (Å²) in [5.74, 6) is 1.000. The third kappa shape index (κ3) is 1.06. The van der Waals surface area contributed by atoms with Crippen LogP contribution in [0.3, 0.4) is 0 Å². The molecule has 3 nitrogen and oxygen atoms in total. The maximum Gasteiger partial charge on any atom is 0.0975 e. The molecule has 2 rings (SSSR count). The normalized spacial score (nSPS) is 23.3. The largest absolute Gasteiger partial charge is 0.387 e. The van der Waals surface area contributed by atoms with E-state index in [9.17, 15) is 5.11 Å². The quantitative estimate of drug-likeness (QED) is 0.630. The summed E-state index contributed by atoms with van der Waals surface area (Å²) < 4.78 is 1.76. The highest BCUT2D eigenvalue weighted by Crippen LogP contribution is 2.35. The van der Waals surface area contributed by atoms with Gasteiger partial charge in [-0.15, -0.1) is 11.8 Å². The van der Waals surface area contributed by atoms with Gasteiger partial charge < -0.3 is 5.11 Å². The minimum Gasteiger partial charge on any atom is -0.387 e. The molecule has 0 amide bonds. The summed E-state index contributed by atoms with van der Waals surface area (Å²) in [7, 11) is 1.87. The highest BCUT2D eigenvalue weighted by atomic mass is 32.2. The molecule has 11 heavy (non-hydrogen) atoms. The number of aryl methyl sites for hydroxylation is 1. The molecule has 1 aromatic rings. The second-order valence-corrected chi connectivity index (χ2v) is 3.81. The molecule has 1 aliphatic rings. The lowest BCUT2D eigenvalue weighted by Crippen LogP contribution is -2.10. The van der Waals surface area contributed by atoms with Gasteiger partial charge in [-0.2, -0.15) is 5.10 Å². The van der Waals surface area contributed by atoms with Crippen LogP contribution in [0.15, 0.2) is 11.1 Å². The van der Waals surface area contributed by atoms with Gasteiger partial charge in [0.25, 0.3) is 0 Å². The Balaban J connectivity index is 2.48. The SMILES string of the molecule is Cn1ncc2c1[C@H](O)CCS2. The standard InChI is InChI=1S/C7H10N2OS/c1-9-7-5(10)2-3-11-6(7)4-8-9/h4-5,10H,2-3H2,1H3/t5-/m1/s1. The van der Waals surface area contributed by atoms with Gasteiger partial charge in [-0.25, -0.2) is 0 Å². The molecule has 1 N–H and O–H groups in total. The fourth-order valence-corrected chi connectivity index (χ4v) is 2.43. The number of hydrogen-bond acceptors (Lipinski definition) is 3. The van der Waals surface area contributed by atoms with Gasteiger partial charge in [-0.1, -0.05) is 0 Å². The van der Waals surface area contributed by atoms with Crippen LogP contribution in [0.5, 0.6) is 0 Å². The lowest BCUT2D eigenvalue weighted by Gasteiger charge is -2.17. The summed E-state index contributed by atoms with van der Waals surface area (Å²) in [4.78, 5) is 1.13. The maximum atomic E-state index is 9.56. The molecule has 2 heterocycles. The van der Waals surface area contributed by atoms with Crippen LogP contribution in [0, 0.1) is 0 Å². The van der Waals surface area contributed by atoms with Crippen LogP contribution in [0.4, 0.5) is 0 Å².